The molecule has 1 fully saturated rings. The number of rotatable bonds is 3. The molecule has 0 atom stereocenters. The highest BCUT2D eigenvalue weighted by Crippen LogP contribution is 2.31. The molecule has 1 aromatic rings. The van der Waals surface area contributed by atoms with Crippen molar-refractivity contribution in [2.45, 2.75) is 30.6 Å². The lowest BCUT2D eigenvalue weighted by molar-refractivity contribution is 0.401. The molecule has 2 rings (SSSR count). The number of anilines is 1. The predicted molar refractivity (Wildman–Crippen MR) is 70.1 cm³/mol. The molecule has 1 aliphatic carbocycles. The van der Waals surface area contributed by atoms with Gasteiger partial charge in [-0.15, -0.1) is 0 Å². The third-order valence-corrected chi connectivity index (χ3v) is 4.17. The van der Waals surface area contributed by atoms with Crippen LogP contribution in [0.4, 0.5) is 5.69 Å². The van der Waals surface area contributed by atoms with Gasteiger partial charge in [-0.25, -0.2) is 0 Å². The Balaban J connectivity index is 2.17. The molecule has 1 nitrogen and oxygen atoms in total. The van der Waals surface area contributed by atoms with Crippen LogP contribution in [0, 0.1) is 0 Å². The zero-order chi connectivity index (χ0) is 10.8. The summed E-state index contributed by atoms with van der Waals surface area (Å²) in [5.41, 5.74) is 2.39. The van der Waals surface area contributed by atoms with Gasteiger partial charge in [0.1, 0.15) is 0 Å². The smallest absolute Gasteiger partial charge is 0.0467 e. The Morgan fingerprint density at radius 1 is 1.47 bits per heavy atom. The third-order valence-electron chi connectivity index (χ3n) is 3.21. The maximum Gasteiger partial charge on any atom is 0.0467 e. The van der Waals surface area contributed by atoms with E-state index in [9.17, 15) is 0 Å². The first kappa shape index (κ1) is 11.3. The second-order valence-electron chi connectivity index (χ2n) is 4.10. The SMILES string of the molecule is CN(c1ccc(CBr)c(Cl)c1)C1CCC1. The first-order valence-corrected chi connectivity index (χ1v) is 6.79. The fraction of sp³-hybridized carbons (Fsp3) is 0.500. The molecule has 1 aromatic carbocycles. The maximum atomic E-state index is 6.18. The van der Waals surface area contributed by atoms with E-state index in [1.54, 1.807) is 0 Å². The van der Waals surface area contributed by atoms with Crippen LogP contribution in [0.1, 0.15) is 24.8 Å². The topological polar surface area (TPSA) is 3.24 Å². The Hall–Kier alpha value is -0.210. The molecule has 0 unspecified atom stereocenters. The van der Waals surface area contributed by atoms with Crippen molar-refractivity contribution in [2.24, 2.45) is 0 Å². The summed E-state index contributed by atoms with van der Waals surface area (Å²) in [6, 6.07) is 7.04. The Bertz CT molecular complexity index is 349. The second kappa shape index (κ2) is 4.75. The van der Waals surface area contributed by atoms with Gasteiger partial charge in [0.15, 0.2) is 0 Å². The average Bonchev–Trinajstić information content (AvgIpc) is 2.15. The Morgan fingerprint density at radius 2 is 2.20 bits per heavy atom. The third kappa shape index (κ3) is 2.31. The van der Waals surface area contributed by atoms with E-state index in [1.165, 1.54) is 24.9 Å². The molecule has 0 N–H and O–H groups in total. The summed E-state index contributed by atoms with van der Waals surface area (Å²) in [6.45, 7) is 0. The van der Waals surface area contributed by atoms with Crippen LogP contribution < -0.4 is 4.90 Å². The minimum Gasteiger partial charge on any atom is -0.372 e. The van der Waals surface area contributed by atoms with E-state index in [0.29, 0.717) is 0 Å². The number of benzene rings is 1. The standard InChI is InChI=1S/C12H15BrClN/c1-15(10-3-2-4-10)11-6-5-9(8-13)12(14)7-11/h5-7,10H,2-4,8H2,1H3. The van der Waals surface area contributed by atoms with Crippen molar-refractivity contribution in [1.29, 1.82) is 0 Å². The van der Waals surface area contributed by atoms with Crippen LogP contribution in [-0.2, 0) is 5.33 Å². The van der Waals surface area contributed by atoms with Crippen molar-refractivity contribution >= 4 is 33.2 Å². The van der Waals surface area contributed by atoms with Crippen LogP contribution in [0.2, 0.25) is 5.02 Å². The number of hydrogen-bond donors (Lipinski definition) is 0. The quantitative estimate of drug-likeness (QED) is 0.753. The van der Waals surface area contributed by atoms with Crippen molar-refractivity contribution in [1.82, 2.24) is 0 Å². The number of nitrogens with zero attached hydrogens (tertiary/aromatic N) is 1. The highest BCUT2D eigenvalue weighted by atomic mass is 79.9. The lowest BCUT2D eigenvalue weighted by atomic mass is 9.91. The molecule has 0 saturated heterocycles. The number of alkyl halides is 1. The molecule has 82 valence electrons. The highest BCUT2D eigenvalue weighted by molar-refractivity contribution is 9.08. The first-order chi connectivity index (χ1) is 7.22. The lowest BCUT2D eigenvalue weighted by Gasteiger charge is -2.36. The summed E-state index contributed by atoms with van der Waals surface area (Å²) >= 11 is 9.61. The highest BCUT2D eigenvalue weighted by Gasteiger charge is 2.22. The maximum absolute atomic E-state index is 6.18. The minimum atomic E-state index is 0.718. The molecular weight excluding hydrogens is 273 g/mol. The molecular formula is C12H15BrClN. The normalized spacial score (nSPS) is 16.2. The van der Waals surface area contributed by atoms with Gasteiger partial charge in [0.05, 0.1) is 0 Å². The minimum absolute atomic E-state index is 0.718. The van der Waals surface area contributed by atoms with E-state index in [1.807, 2.05) is 0 Å². The van der Waals surface area contributed by atoms with Crippen molar-refractivity contribution in [2.75, 3.05) is 11.9 Å². The van der Waals surface area contributed by atoms with Gasteiger partial charge in [0, 0.05) is 29.1 Å². The zero-order valence-corrected chi connectivity index (χ0v) is 11.2. The van der Waals surface area contributed by atoms with Crippen molar-refractivity contribution in [3.63, 3.8) is 0 Å². The van der Waals surface area contributed by atoms with Gasteiger partial charge in [-0.1, -0.05) is 33.6 Å². The number of halogens is 2. The van der Waals surface area contributed by atoms with Gasteiger partial charge in [-0.2, -0.15) is 0 Å². The van der Waals surface area contributed by atoms with Crippen LogP contribution in [0.25, 0.3) is 0 Å². The van der Waals surface area contributed by atoms with E-state index < -0.39 is 0 Å². The van der Waals surface area contributed by atoms with E-state index in [0.717, 1.165) is 22.0 Å². The molecule has 0 aromatic heterocycles. The Labute approximate surface area is 105 Å². The molecule has 0 amide bonds. The second-order valence-corrected chi connectivity index (χ2v) is 5.07. The van der Waals surface area contributed by atoms with Gasteiger partial charge >= 0.3 is 0 Å². The van der Waals surface area contributed by atoms with Gasteiger partial charge in [0.2, 0.25) is 0 Å². The number of hydrogen-bond acceptors (Lipinski definition) is 1. The fourth-order valence-electron chi connectivity index (χ4n) is 1.85. The summed E-state index contributed by atoms with van der Waals surface area (Å²) in [6.07, 6.45) is 3.99. The molecule has 1 saturated carbocycles. The van der Waals surface area contributed by atoms with Gasteiger partial charge < -0.3 is 4.90 Å². The Kier molecular flexibility index (Phi) is 3.57. The van der Waals surface area contributed by atoms with Crippen LogP contribution in [0.5, 0.6) is 0 Å². The summed E-state index contributed by atoms with van der Waals surface area (Å²) in [5, 5.41) is 1.68. The molecule has 0 bridgehead atoms. The molecule has 0 aliphatic heterocycles. The van der Waals surface area contributed by atoms with Gasteiger partial charge in [0.25, 0.3) is 0 Å². The lowest BCUT2D eigenvalue weighted by Crippen LogP contribution is -2.37. The molecule has 1 aliphatic rings. The summed E-state index contributed by atoms with van der Waals surface area (Å²) in [5.74, 6) is 0. The van der Waals surface area contributed by atoms with Crippen LogP contribution >= 0.6 is 27.5 Å². The molecule has 15 heavy (non-hydrogen) atoms. The van der Waals surface area contributed by atoms with E-state index in [4.69, 9.17) is 11.6 Å². The van der Waals surface area contributed by atoms with Crippen LogP contribution in [0.3, 0.4) is 0 Å². The fourth-order valence-corrected chi connectivity index (χ4v) is 2.74. The Morgan fingerprint density at radius 3 is 2.67 bits per heavy atom. The van der Waals surface area contributed by atoms with Gasteiger partial charge in [-0.05, 0) is 37.0 Å². The monoisotopic (exact) mass is 287 g/mol. The average molecular weight is 289 g/mol. The first-order valence-electron chi connectivity index (χ1n) is 5.29. The molecule has 0 spiro atoms. The van der Waals surface area contributed by atoms with Crippen molar-refractivity contribution < 1.29 is 0 Å². The largest absolute Gasteiger partial charge is 0.372 e. The molecule has 0 radical (unpaired) electrons. The van der Waals surface area contributed by atoms with Crippen molar-refractivity contribution in [3.05, 3.63) is 28.8 Å². The van der Waals surface area contributed by atoms with E-state index in [2.05, 4.69) is 46.1 Å². The summed E-state index contributed by atoms with van der Waals surface area (Å²) in [7, 11) is 2.16. The summed E-state index contributed by atoms with van der Waals surface area (Å²) < 4.78 is 0. The van der Waals surface area contributed by atoms with Crippen LogP contribution in [0.15, 0.2) is 18.2 Å². The zero-order valence-electron chi connectivity index (χ0n) is 8.84. The van der Waals surface area contributed by atoms with E-state index in [-0.39, 0.29) is 0 Å². The van der Waals surface area contributed by atoms with Gasteiger partial charge in [-0.3, -0.25) is 0 Å². The van der Waals surface area contributed by atoms with Crippen LogP contribution in [-0.4, -0.2) is 13.1 Å². The van der Waals surface area contributed by atoms with E-state index >= 15 is 0 Å². The molecule has 3 heteroatoms. The van der Waals surface area contributed by atoms with Crippen molar-refractivity contribution in [3.8, 4) is 0 Å². The summed E-state index contributed by atoms with van der Waals surface area (Å²) in [4.78, 5) is 2.34. The predicted octanol–water partition coefficient (Wildman–Crippen LogP) is 4.22. The molecule has 0 heterocycles.